The number of benzene rings is 1. The number of piperidine rings is 1. The van der Waals surface area contributed by atoms with Crippen molar-refractivity contribution in [3.8, 4) is 11.7 Å². The van der Waals surface area contributed by atoms with Crippen LogP contribution in [-0.2, 0) is 10.0 Å². The summed E-state index contributed by atoms with van der Waals surface area (Å²) in [7, 11) is -3.46. The third-order valence-corrected chi connectivity index (χ3v) is 6.55. The Hall–Kier alpha value is -2.45. The second-order valence-electron chi connectivity index (χ2n) is 6.41. The number of aromatic nitrogens is 2. The van der Waals surface area contributed by atoms with Gasteiger partial charge in [-0.05, 0) is 44.0 Å². The van der Waals surface area contributed by atoms with E-state index in [0.717, 1.165) is 5.56 Å². The van der Waals surface area contributed by atoms with Crippen LogP contribution < -0.4 is 0 Å². The molecule has 7 nitrogen and oxygen atoms in total. The van der Waals surface area contributed by atoms with E-state index in [1.54, 1.807) is 30.5 Å². The molecule has 136 valence electrons. The summed E-state index contributed by atoms with van der Waals surface area (Å²) in [6.07, 6.45) is 2.84. The van der Waals surface area contributed by atoms with E-state index >= 15 is 0 Å². The minimum absolute atomic E-state index is 0.0516. The fraction of sp³-hybridized carbons (Fsp3) is 0.333. The van der Waals surface area contributed by atoms with Gasteiger partial charge in [0, 0.05) is 19.0 Å². The van der Waals surface area contributed by atoms with Crippen LogP contribution in [0.5, 0.6) is 0 Å². The van der Waals surface area contributed by atoms with Gasteiger partial charge in [0.05, 0.1) is 11.2 Å². The SMILES string of the molecule is Cc1ccc(S(=O)(=O)N2CCC(c3nnc(-c4ccco4)o3)CC2)cc1. The standard InChI is InChI=1S/C18H19N3O4S/c1-13-4-6-15(7-5-13)26(22,23)21-10-8-14(9-11-21)17-19-20-18(25-17)16-3-2-12-24-16/h2-7,12,14H,8-11H2,1H3. The van der Waals surface area contributed by atoms with Crippen LogP contribution in [0.15, 0.2) is 56.4 Å². The number of nitrogens with zero attached hydrogens (tertiary/aromatic N) is 3. The highest BCUT2D eigenvalue weighted by molar-refractivity contribution is 7.89. The highest BCUT2D eigenvalue weighted by Gasteiger charge is 2.32. The Morgan fingerprint density at radius 3 is 2.46 bits per heavy atom. The summed E-state index contributed by atoms with van der Waals surface area (Å²) in [5.41, 5.74) is 1.03. The summed E-state index contributed by atoms with van der Waals surface area (Å²) in [4.78, 5) is 0.333. The van der Waals surface area contributed by atoms with Crippen LogP contribution >= 0.6 is 0 Å². The van der Waals surface area contributed by atoms with E-state index in [1.807, 2.05) is 19.1 Å². The number of rotatable bonds is 4. The van der Waals surface area contributed by atoms with Crippen molar-refractivity contribution in [2.45, 2.75) is 30.6 Å². The lowest BCUT2D eigenvalue weighted by atomic mass is 9.98. The Labute approximate surface area is 151 Å². The normalized spacial score (nSPS) is 16.8. The Morgan fingerprint density at radius 2 is 1.81 bits per heavy atom. The molecule has 0 aliphatic carbocycles. The Morgan fingerprint density at radius 1 is 1.08 bits per heavy atom. The van der Waals surface area contributed by atoms with Crippen molar-refractivity contribution in [3.05, 3.63) is 54.1 Å². The molecule has 4 rings (SSSR count). The van der Waals surface area contributed by atoms with Crippen LogP contribution in [-0.4, -0.2) is 36.0 Å². The van der Waals surface area contributed by atoms with Crippen LogP contribution in [0.4, 0.5) is 0 Å². The predicted molar refractivity (Wildman–Crippen MR) is 93.9 cm³/mol. The van der Waals surface area contributed by atoms with Crippen molar-refractivity contribution in [3.63, 3.8) is 0 Å². The van der Waals surface area contributed by atoms with E-state index < -0.39 is 10.0 Å². The number of aryl methyl sites for hydroxylation is 1. The van der Waals surface area contributed by atoms with Gasteiger partial charge in [0.1, 0.15) is 0 Å². The molecule has 0 atom stereocenters. The predicted octanol–water partition coefficient (Wildman–Crippen LogP) is 3.21. The quantitative estimate of drug-likeness (QED) is 0.698. The molecule has 0 bridgehead atoms. The maximum absolute atomic E-state index is 12.8. The average molecular weight is 373 g/mol. The van der Waals surface area contributed by atoms with Crippen molar-refractivity contribution in [1.82, 2.24) is 14.5 Å². The van der Waals surface area contributed by atoms with Crippen LogP contribution in [0, 0.1) is 6.92 Å². The van der Waals surface area contributed by atoms with Gasteiger partial charge in [-0.15, -0.1) is 10.2 Å². The van der Waals surface area contributed by atoms with Gasteiger partial charge in [0.25, 0.3) is 5.89 Å². The Kier molecular flexibility index (Phi) is 4.37. The van der Waals surface area contributed by atoms with Crippen molar-refractivity contribution < 1.29 is 17.3 Å². The molecule has 0 spiro atoms. The van der Waals surface area contributed by atoms with Gasteiger partial charge in [0.15, 0.2) is 5.76 Å². The number of hydrogen-bond donors (Lipinski definition) is 0. The smallest absolute Gasteiger partial charge is 0.283 e. The van der Waals surface area contributed by atoms with Gasteiger partial charge < -0.3 is 8.83 Å². The fourth-order valence-electron chi connectivity index (χ4n) is 3.10. The summed E-state index contributed by atoms with van der Waals surface area (Å²) < 4.78 is 38.0. The summed E-state index contributed by atoms with van der Waals surface area (Å²) in [5, 5.41) is 8.12. The second-order valence-corrected chi connectivity index (χ2v) is 8.35. The van der Waals surface area contributed by atoms with E-state index in [1.165, 1.54) is 4.31 Å². The molecule has 0 unspecified atom stereocenters. The minimum Gasteiger partial charge on any atom is -0.459 e. The number of hydrogen-bond acceptors (Lipinski definition) is 6. The molecule has 0 amide bonds. The Balaban J connectivity index is 1.45. The third-order valence-electron chi connectivity index (χ3n) is 4.63. The van der Waals surface area contributed by atoms with Gasteiger partial charge >= 0.3 is 0 Å². The largest absolute Gasteiger partial charge is 0.459 e. The molecule has 1 saturated heterocycles. The third kappa shape index (κ3) is 3.17. The molecule has 26 heavy (non-hydrogen) atoms. The number of furan rings is 1. The highest BCUT2D eigenvalue weighted by atomic mass is 32.2. The minimum atomic E-state index is -3.46. The second kappa shape index (κ2) is 6.69. The monoisotopic (exact) mass is 373 g/mol. The lowest BCUT2D eigenvalue weighted by Crippen LogP contribution is -2.37. The molecule has 8 heteroatoms. The summed E-state index contributed by atoms with van der Waals surface area (Å²) in [5.74, 6) is 1.46. The highest BCUT2D eigenvalue weighted by Crippen LogP contribution is 2.31. The van der Waals surface area contributed by atoms with E-state index in [-0.39, 0.29) is 5.92 Å². The molecule has 0 N–H and O–H groups in total. The maximum Gasteiger partial charge on any atom is 0.283 e. The van der Waals surface area contributed by atoms with E-state index in [0.29, 0.717) is 48.4 Å². The molecule has 3 aromatic rings. The van der Waals surface area contributed by atoms with Crippen molar-refractivity contribution >= 4 is 10.0 Å². The first-order chi connectivity index (χ1) is 12.5. The molecule has 1 aliphatic rings. The van der Waals surface area contributed by atoms with Gasteiger partial charge in [0.2, 0.25) is 15.9 Å². The molecule has 0 saturated carbocycles. The molecular weight excluding hydrogens is 354 g/mol. The van der Waals surface area contributed by atoms with Gasteiger partial charge in [-0.2, -0.15) is 4.31 Å². The lowest BCUT2D eigenvalue weighted by molar-refractivity contribution is 0.290. The molecule has 0 radical (unpaired) electrons. The first-order valence-corrected chi connectivity index (χ1v) is 9.92. The zero-order chi connectivity index (χ0) is 18.1. The van der Waals surface area contributed by atoms with Crippen LogP contribution in [0.1, 0.15) is 30.2 Å². The topological polar surface area (TPSA) is 89.4 Å². The zero-order valence-electron chi connectivity index (χ0n) is 14.3. The maximum atomic E-state index is 12.8. The zero-order valence-corrected chi connectivity index (χ0v) is 15.1. The molecule has 1 aromatic carbocycles. The van der Waals surface area contributed by atoms with E-state index in [9.17, 15) is 8.42 Å². The summed E-state index contributed by atoms with van der Waals surface area (Å²) in [6, 6.07) is 10.5. The van der Waals surface area contributed by atoms with Gasteiger partial charge in [-0.3, -0.25) is 0 Å². The van der Waals surface area contributed by atoms with Crippen LogP contribution in [0.2, 0.25) is 0 Å². The molecule has 2 aromatic heterocycles. The summed E-state index contributed by atoms with van der Waals surface area (Å²) in [6.45, 7) is 2.79. The summed E-state index contributed by atoms with van der Waals surface area (Å²) >= 11 is 0. The average Bonchev–Trinajstić information content (AvgIpc) is 3.34. The first-order valence-electron chi connectivity index (χ1n) is 8.48. The Bertz CT molecular complexity index is 970. The molecular formula is C18H19N3O4S. The van der Waals surface area contributed by atoms with Crippen molar-refractivity contribution in [2.75, 3.05) is 13.1 Å². The van der Waals surface area contributed by atoms with Crippen molar-refractivity contribution in [1.29, 1.82) is 0 Å². The van der Waals surface area contributed by atoms with E-state index in [4.69, 9.17) is 8.83 Å². The number of sulfonamides is 1. The van der Waals surface area contributed by atoms with Crippen LogP contribution in [0.25, 0.3) is 11.7 Å². The molecule has 3 heterocycles. The van der Waals surface area contributed by atoms with E-state index in [2.05, 4.69) is 10.2 Å². The molecule has 1 aliphatic heterocycles. The first kappa shape index (κ1) is 17.0. The fourth-order valence-corrected chi connectivity index (χ4v) is 4.57. The van der Waals surface area contributed by atoms with Crippen LogP contribution in [0.3, 0.4) is 0 Å². The van der Waals surface area contributed by atoms with Gasteiger partial charge in [-0.25, -0.2) is 8.42 Å². The molecule has 1 fully saturated rings. The van der Waals surface area contributed by atoms with Gasteiger partial charge in [-0.1, -0.05) is 17.7 Å². The van der Waals surface area contributed by atoms with Crippen molar-refractivity contribution in [2.24, 2.45) is 0 Å². The lowest BCUT2D eigenvalue weighted by Gasteiger charge is -2.29.